The molecule has 0 radical (unpaired) electrons. The van der Waals surface area contributed by atoms with E-state index in [2.05, 4.69) is 10.1 Å². The molecule has 1 aliphatic rings. The maximum atomic E-state index is 12.5. The fourth-order valence-electron chi connectivity index (χ4n) is 2.73. The van der Waals surface area contributed by atoms with Gasteiger partial charge in [-0.2, -0.15) is 5.10 Å². The van der Waals surface area contributed by atoms with E-state index in [1.165, 1.54) is 15.6 Å². The quantitative estimate of drug-likeness (QED) is 0.816. The van der Waals surface area contributed by atoms with Crippen LogP contribution in [0.4, 0.5) is 0 Å². The van der Waals surface area contributed by atoms with Crippen molar-refractivity contribution in [3.05, 3.63) is 46.9 Å². The average molecular weight is 287 g/mol. The Morgan fingerprint density at radius 1 is 1.48 bits per heavy atom. The van der Waals surface area contributed by atoms with Crippen LogP contribution in [0.3, 0.4) is 0 Å². The van der Waals surface area contributed by atoms with Gasteiger partial charge in [0.1, 0.15) is 12.9 Å². The first-order valence-electron chi connectivity index (χ1n) is 6.94. The molecule has 1 saturated heterocycles. The molecule has 1 fully saturated rings. The Kier molecular flexibility index (Phi) is 3.55. The topological polar surface area (TPSA) is 73.0 Å². The first-order valence-corrected chi connectivity index (χ1v) is 6.94. The highest BCUT2D eigenvalue weighted by Gasteiger charge is 2.30. The van der Waals surface area contributed by atoms with Crippen LogP contribution in [0.15, 0.2) is 35.6 Å². The van der Waals surface area contributed by atoms with Gasteiger partial charge in [0.2, 0.25) is 5.91 Å². The zero-order chi connectivity index (χ0) is 14.8. The normalized spacial score (nSPS) is 18.1. The van der Waals surface area contributed by atoms with E-state index < -0.39 is 0 Å². The third-order valence-corrected chi connectivity index (χ3v) is 3.81. The molecular weight excluding hydrogens is 270 g/mol. The molecular formula is C14H17N5O2. The molecule has 2 aromatic heterocycles. The highest BCUT2D eigenvalue weighted by atomic mass is 16.2. The number of carbonyl (C=O) groups excluding carboxylic acids is 1. The fraction of sp³-hybridized carbons (Fsp3) is 0.429. The summed E-state index contributed by atoms with van der Waals surface area (Å²) in [6.45, 7) is 0.691. The maximum Gasteiger partial charge on any atom is 0.345 e. The number of aromatic nitrogens is 4. The molecule has 0 saturated carbocycles. The Morgan fingerprint density at radius 3 is 3.00 bits per heavy atom. The lowest BCUT2D eigenvalue weighted by Crippen LogP contribution is -2.36. The second kappa shape index (κ2) is 5.51. The zero-order valence-electron chi connectivity index (χ0n) is 11.8. The van der Waals surface area contributed by atoms with E-state index in [4.69, 9.17) is 0 Å². The van der Waals surface area contributed by atoms with E-state index in [0.29, 0.717) is 6.54 Å². The minimum absolute atomic E-state index is 0.0174. The largest absolute Gasteiger partial charge is 0.345 e. The van der Waals surface area contributed by atoms with Gasteiger partial charge in [0.05, 0.1) is 6.04 Å². The Labute approximate surface area is 121 Å². The number of nitrogens with zero attached hydrogens (tertiary/aromatic N) is 5. The van der Waals surface area contributed by atoms with Gasteiger partial charge < -0.3 is 4.90 Å². The molecule has 7 heteroatoms. The molecule has 0 spiro atoms. The number of likely N-dealkylation sites (tertiary alicyclic amines) is 1. The maximum absolute atomic E-state index is 12.5. The van der Waals surface area contributed by atoms with Crippen molar-refractivity contribution in [3.8, 4) is 0 Å². The molecule has 0 N–H and O–H groups in total. The van der Waals surface area contributed by atoms with E-state index in [9.17, 15) is 9.59 Å². The first-order chi connectivity index (χ1) is 10.2. The van der Waals surface area contributed by atoms with E-state index in [0.717, 1.165) is 18.4 Å². The molecule has 3 heterocycles. The summed E-state index contributed by atoms with van der Waals surface area (Å²) in [6.07, 6.45) is 6.82. The lowest BCUT2D eigenvalue weighted by atomic mass is 10.1. The van der Waals surface area contributed by atoms with Gasteiger partial charge in [-0.3, -0.25) is 14.3 Å². The van der Waals surface area contributed by atoms with E-state index in [1.54, 1.807) is 19.4 Å². The Balaban J connectivity index is 1.78. The molecule has 1 aliphatic heterocycles. The van der Waals surface area contributed by atoms with Crippen molar-refractivity contribution in [1.29, 1.82) is 0 Å². The monoisotopic (exact) mass is 287 g/mol. The summed E-state index contributed by atoms with van der Waals surface area (Å²) in [7, 11) is 1.62. The van der Waals surface area contributed by atoms with Crippen LogP contribution in [-0.4, -0.2) is 36.7 Å². The summed E-state index contributed by atoms with van der Waals surface area (Å²) in [5, 5.41) is 3.93. The van der Waals surface area contributed by atoms with Crippen LogP contribution in [0, 0.1) is 0 Å². The summed E-state index contributed by atoms with van der Waals surface area (Å²) in [5.41, 5.74) is 0.761. The van der Waals surface area contributed by atoms with Crippen LogP contribution in [-0.2, 0) is 18.4 Å². The third-order valence-electron chi connectivity index (χ3n) is 3.81. The smallest absolute Gasteiger partial charge is 0.334 e. The average Bonchev–Trinajstić information content (AvgIpc) is 3.10. The second-order valence-electron chi connectivity index (χ2n) is 5.21. The SMILES string of the molecule is Cn1cnn(CC(=O)N2CCCC2c2cccnc2)c1=O. The van der Waals surface area contributed by atoms with Crippen molar-refractivity contribution in [3.63, 3.8) is 0 Å². The van der Waals surface area contributed by atoms with Gasteiger partial charge in [0.25, 0.3) is 0 Å². The Bertz CT molecular complexity index is 691. The van der Waals surface area contributed by atoms with Gasteiger partial charge in [-0.25, -0.2) is 9.48 Å². The van der Waals surface area contributed by atoms with Crippen molar-refractivity contribution in [2.24, 2.45) is 7.05 Å². The molecule has 110 valence electrons. The summed E-state index contributed by atoms with van der Waals surface area (Å²) in [4.78, 5) is 30.1. The number of aryl methyl sites for hydroxylation is 1. The molecule has 7 nitrogen and oxygen atoms in total. The van der Waals surface area contributed by atoms with E-state index in [1.807, 2.05) is 17.0 Å². The van der Waals surface area contributed by atoms with Crippen LogP contribution in [0.1, 0.15) is 24.4 Å². The summed E-state index contributed by atoms with van der Waals surface area (Å²) < 4.78 is 2.55. The van der Waals surface area contributed by atoms with Crippen molar-refractivity contribution < 1.29 is 4.79 Å². The molecule has 0 bridgehead atoms. The van der Waals surface area contributed by atoms with Gasteiger partial charge in [-0.15, -0.1) is 0 Å². The molecule has 21 heavy (non-hydrogen) atoms. The molecule has 2 aromatic rings. The predicted molar refractivity (Wildman–Crippen MR) is 75.4 cm³/mol. The third kappa shape index (κ3) is 2.58. The minimum Gasteiger partial charge on any atom is -0.334 e. The second-order valence-corrected chi connectivity index (χ2v) is 5.21. The number of rotatable bonds is 3. The summed E-state index contributed by atoms with van der Waals surface area (Å²) in [5.74, 6) is -0.0813. The number of hydrogen-bond donors (Lipinski definition) is 0. The molecule has 0 aromatic carbocycles. The molecule has 1 unspecified atom stereocenters. The molecule has 0 aliphatic carbocycles. The van der Waals surface area contributed by atoms with Crippen molar-refractivity contribution in [2.75, 3.05) is 6.54 Å². The van der Waals surface area contributed by atoms with Crippen LogP contribution in [0.5, 0.6) is 0 Å². The summed E-state index contributed by atoms with van der Waals surface area (Å²) in [6, 6.07) is 3.90. The number of hydrogen-bond acceptors (Lipinski definition) is 4. The highest BCUT2D eigenvalue weighted by Crippen LogP contribution is 2.31. The molecule has 3 rings (SSSR count). The Morgan fingerprint density at radius 2 is 2.33 bits per heavy atom. The number of carbonyl (C=O) groups is 1. The standard InChI is InChI=1S/C14H17N5O2/c1-17-10-16-19(14(17)21)9-13(20)18-7-3-5-12(18)11-4-2-6-15-8-11/h2,4,6,8,10,12H,3,5,7,9H2,1H3. The van der Waals surface area contributed by atoms with Crippen LogP contribution < -0.4 is 5.69 Å². The fourth-order valence-corrected chi connectivity index (χ4v) is 2.73. The van der Waals surface area contributed by atoms with Gasteiger partial charge >= 0.3 is 5.69 Å². The molecule has 1 atom stereocenters. The molecule has 1 amide bonds. The summed E-state index contributed by atoms with van der Waals surface area (Å²) >= 11 is 0. The van der Waals surface area contributed by atoms with Crippen molar-refractivity contribution in [2.45, 2.75) is 25.4 Å². The number of amides is 1. The van der Waals surface area contributed by atoms with Gasteiger partial charge in [0, 0.05) is 26.0 Å². The van der Waals surface area contributed by atoms with Gasteiger partial charge in [-0.05, 0) is 24.5 Å². The van der Waals surface area contributed by atoms with Crippen LogP contribution in [0.2, 0.25) is 0 Å². The predicted octanol–water partition coefficient (Wildman–Crippen LogP) is 0.340. The minimum atomic E-state index is -0.277. The van der Waals surface area contributed by atoms with Gasteiger partial charge in [0.15, 0.2) is 0 Å². The lowest BCUT2D eigenvalue weighted by Gasteiger charge is -2.24. The van der Waals surface area contributed by atoms with E-state index >= 15 is 0 Å². The number of pyridine rings is 1. The Hall–Kier alpha value is -2.44. The van der Waals surface area contributed by atoms with Crippen molar-refractivity contribution in [1.82, 2.24) is 24.2 Å². The van der Waals surface area contributed by atoms with Crippen LogP contribution in [0.25, 0.3) is 0 Å². The van der Waals surface area contributed by atoms with Gasteiger partial charge in [-0.1, -0.05) is 6.07 Å². The first kappa shape index (κ1) is 13.5. The highest BCUT2D eigenvalue weighted by molar-refractivity contribution is 5.76. The van der Waals surface area contributed by atoms with E-state index in [-0.39, 0.29) is 24.2 Å². The van der Waals surface area contributed by atoms with Crippen molar-refractivity contribution >= 4 is 5.91 Å². The van der Waals surface area contributed by atoms with Crippen LogP contribution >= 0.6 is 0 Å². The lowest BCUT2D eigenvalue weighted by molar-refractivity contribution is -0.133. The zero-order valence-corrected chi connectivity index (χ0v) is 11.8.